The summed E-state index contributed by atoms with van der Waals surface area (Å²) >= 11 is 0. The number of nitrogens with zero attached hydrogens (tertiary/aromatic N) is 1. The van der Waals surface area contributed by atoms with Crippen molar-refractivity contribution in [2.75, 3.05) is 18.1 Å². The van der Waals surface area contributed by atoms with Crippen molar-refractivity contribution in [1.82, 2.24) is 4.90 Å². The van der Waals surface area contributed by atoms with Gasteiger partial charge in [0.25, 0.3) is 5.91 Å². The molecular formula is C19H25NO5S. The van der Waals surface area contributed by atoms with Crippen molar-refractivity contribution in [2.45, 2.75) is 39.3 Å². The molecule has 1 heterocycles. The molecular weight excluding hydrogens is 354 g/mol. The summed E-state index contributed by atoms with van der Waals surface area (Å²) in [4.78, 5) is 26.0. The van der Waals surface area contributed by atoms with Gasteiger partial charge in [-0.25, -0.2) is 13.2 Å². The predicted octanol–water partition coefficient (Wildman–Crippen LogP) is 1.98. The van der Waals surface area contributed by atoms with Crippen LogP contribution in [-0.4, -0.2) is 55.4 Å². The van der Waals surface area contributed by atoms with E-state index >= 15 is 0 Å². The molecule has 0 unspecified atom stereocenters. The molecule has 1 aromatic rings. The number of likely N-dealkylation sites (N-methyl/N-ethyl adjacent to an activating group) is 1. The van der Waals surface area contributed by atoms with E-state index in [0.717, 1.165) is 11.1 Å². The minimum absolute atomic E-state index is 0.0273. The molecule has 0 radical (unpaired) electrons. The summed E-state index contributed by atoms with van der Waals surface area (Å²) in [7, 11) is -3.09. The Bertz CT molecular complexity index is 800. The van der Waals surface area contributed by atoms with Gasteiger partial charge >= 0.3 is 5.97 Å². The fourth-order valence-electron chi connectivity index (χ4n) is 3.05. The Hall–Kier alpha value is -2.15. The van der Waals surface area contributed by atoms with E-state index in [-0.39, 0.29) is 23.5 Å². The topological polar surface area (TPSA) is 80.8 Å². The Balaban J connectivity index is 1.95. The van der Waals surface area contributed by atoms with E-state index in [4.69, 9.17) is 4.74 Å². The number of ether oxygens (including phenoxy) is 1. The fraction of sp³-hybridized carbons (Fsp3) is 0.474. The van der Waals surface area contributed by atoms with Crippen molar-refractivity contribution in [3.8, 4) is 0 Å². The highest BCUT2D eigenvalue weighted by Gasteiger charge is 2.36. The maximum absolute atomic E-state index is 12.6. The average Bonchev–Trinajstić information content (AvgIpc) is 2.93. The molecule has 0 aliphatic carbocycles. The van der Waals surface area contributed by atoms with Crippen LogP contribution in [0.25, 0.3) is 6.08 Å². The lowest BCUT2D eigenvalue weighted by molar-refractivity contribution is -0.156. The van der Waals surface area contributed by atoms with Crippen LogP contribution in [0.15, 0.2) is 30.3 Å². The van der Waals surface area contributed by atoms with E-state index in [1.807, 2.05) is 31.2 Å². The van der Waals surface area contributed by atoms with E-state index in [9.17, 15) is 18.0 Å². The molecule has 1 fully saturated rings. The Morgan fingerprint density at radius 3 is 2.69 bits per heavy atom. The van der Waals surface area contributed by atoms with Crippen LogP contribution >= 0.6 is 0 Å². The van der Waals surface area contributed by atoms with Gasteiger partial charge in [-0.05, 0) is 38.8 Å². The summed E-state index contributed by atoms with van der Waals surface area (Å²) < 4.78 is 28.5. The SMILES string of the molecule is CCN(C(=O)[C@@H](C)OC(=O)/C=C/c1cccc(C)c1)[C@@H]1CCS(=O)(=O)C1. The fourth-order valence-corrected chi connectivity index (χ4v) is 4.78. The average molecular weight is 379 g/mol. The number of sulfone groups is 1. The molecule has 0 spiro atoms. The first-order chi connectivity index (χ1) is 12.2. The summed E-state index contributed by atoms with van der Waals surface area (Å²) in [6.45, 7) is 5.63. The monoisotopic (exact) mass is 379 g/mol. The van der Waals surface area contributed by atoms with Gasteiger partial charge in [0, 0.05) is 18.7 Å². The molecule has 2 rings (SSSR count). The quantitative estimate of drug-likeness (QED) is 0.558. The third-order valence-electron chi connectivity index (χ3n) is 4.37. The van der Waals surface area contributed by atoms with Crippen molar-refractivity contribution in [3.63, 3.8) is 0 Å². The van der Waals surface area contributed by atoms with Gasteiger partial charge in [-0.3, -0.25) is 4.79 Å². The van der Waals surface area contributed by atoms with Crippen molar-refractivity contribution in [2.24, 2.45) is 0 Å². The minimum atomic E-state index is -3.09. The van der Waals surface area contributed by atoms with Gasteiger partial charge in [-0.2, -0.15) is 0 Å². The lowest BCUT2D eigenvalue weighted by atomic mass is 10.1. The Kier molecular flexibility index (Phi) is 6.58. The van der Waals surface area contributed by atoms with Gasteiger partial charge in [-0.15, -0.1) is 0 Å². The van der Waals surface area contributed by atoms with Gasteiger partial charge in [0.15, 0.2) is 15.9 Å². The first-order valence-electron chi connectivity index (χ1n) is 8.68. The van der Waals surface area contributed by atoms with Crippen molar-refractivity contribution in [1.29, 1.82) is 0 Å². The molecule has 0 N–H and O–H groups in total. The van der Waals surface area contributed by atoms with E-state index in [1.54, 1.807) is 13.0 Å². The van der Waals surface area contributed by atoms with E-state index in [2.05, 4.69) is 0 Å². The van der Waals surface area contributed by atoms with E-state index in [1.165, 1.54) is 17.9 Å². The third kappa shape index (κ3) is 5.42. The zero-order valence-corrected chi connectivity index (χ0v) is 16.2. The molecule has 26 heavy (non-hydrogen) atoms. The Labute approximate surface area is 154 Å². The number of hydrogen-bond donors (Lipinski definition) is 0. The van der Waals surface area contributed by atoms with Crippen molar-refractivity contribution in [3.05, 3.63) is 41.5 Å². The number of rotatable bonds is 6. The first kappa shape index (κ1) is 20.2. The van der Waals surface area contributed by atoms with Gasteiger partial charge in [0.2, 0.25) is 0 Å². The second-order valence-electron chi connectivity index (χ2n) is 6.51. The Morgan fingerprint density at radius 1 is 1.38 bits per heavy atom. The summed E-state index contributed by atoms with van der Waals surface area (Å²) in [6, 6.07) is 7.30. The van der Waals surface area contributed by atoms with Crippen molar-refractivity contribution < 1.29 is 22.7 Å². The van der Waals surface area contributed by atoms with Gasteiger partial charge in [0.05, 0.1) is 11.5 Å². The number of aryl methyl sites for hydroxylation is 1. The van der Waals surface area contributed by atoms with Gasteiger partial charge in [-0.1, -0.05) is 29.8 Å². The molecule has 0 aromatic heterocycles. The second kappa shape index (κ2) is 8.49. The van der Waals surface area contributed by atoms with Crippen LogP contribution in [0.3, 0.4) is 0 Å². The standard InChI is InChI=1S/C19H25NO5S/c1-4-20(17-10-11-26(23,24)13-17)19(22)15(3)25-18(21)9-8-16-7-5-6-14(2)12-16/h5-9,12,15,17H,4,10-11,13H2,1-3H3/b9-8+/t15-,17-/m1/s1. The van der Waals surface area contributed by atoms with Gasteiger partial charge in [0.1, 0.15) is 0 Å². The minimum Gasteiger partial charge on any atom is -0.449 e. The molecule has 1 aromatic carbocycles. The van der Waals surface area contributed by atoms with Crippen LogP contribution in [0.4, 0.5) is 0 Å². The lowest BCUT2D eigenvalue weighted by Crippen LogP contribution is -2.46. The molecule has 6 nitrogen and oxygen atoms in total. The van der Waals surface area contributed by atoms with Crippen molar-refractivity contribution >= 4 is 27.8 Å². The summed E-state index contributed by atoms with van der Waals surface area (Å²) in [5.74, 6) is -0.913. The molecule has 0 bridgehead atoms. The maximum Gasteiger partial charge on any atom is 0.331 e. The van der Waals surface area contributed by atoms with E-state index < -0.39 is 21.9 Å². The lowest BCUT2D eigenvalue weighted by Gasteiger charge is -2.29. The summed E-state index contributed by atoms with van der Waals surface area (Å²) in [5, 5.41) is 0. The summed E-state index contributed by atoms with van der Waals surface area (Å²) in [6.07, 6.45) is 2.38. The number of amides is 1. The zero-order valence-electron chi connectivity index (χ0n) is 15.3. The Morgan fingerprint density at radius 2 is 2.12 bits per heavy atom. The number of benzene rings is 1. The third-order valence-corrected chi connectivity index (χ3v) is 6.12. The molecule has 0 saturated carbocycles. The normalized spacial score (nSPS) is 20.0. The highest BCUT2D eigenvalue weighted by molar-refractivity contribution is 7.91. The van der Waals surface area contributed by atoms with Crippen LogP contribution in [0, 0.1) is 6.92 Å². The molecule has 142 valence electrons. The highest BCUT2D eigenvalue weighted by Crippen LogP contribution is 2.19. The molecule has 1 amide bonds. The first-order valence-corrected chi connectivity index (χ1v) is 10.5. The van der Waals surface area contributed by atoms with Crippen LogP contribution in [0.1, 0.15) is 31.4 Å². The zero-order chi connectivity index (χ0) is 19.3. The van der Waals surface area contributed by atoms with E-state index in [0.29, 0.717) is 13.0 Å². The molecule has 2 atom stereocenters. The van der Waals surface area contributed by atoms with Crippen LogP contribution in [0.2, 0.25) is 0 Å². The molecule has 1 aliphatic heterocycles. The number of esters is 1. The largest absolute Gasteiger partial charge is 0.449 e. The summed E-state index contributed by atoms with van der Waals surface area (Å²) in [5.41, 5.74) is 1.95. The molecule has 1 aliphatic rings. The highest BCUT2D eigenvalue weighted by atomic mass is 32.2. The second-order valence-corrected chi connectivity index (χ2v) is 8.74. The van der Waals surface area contributed by atoms with Crippen LogP contribution in [0.5, 0.6) is 0 Å². The maximum atomic E-state index is 12.6. The van der Waals surface area contributed by atoms with Gasteiger partial charge < -0.3 is 9.64 Å². The number of carbonyl (C=O) groups is 2. The van der Waals surface area contributed by atoms with Crippen LogP contribution in [-0.2, 0) is 24.2 Å². The smallest absolute Gasteiger partial charge is 0.331 e. The predicted molar refractivity (Wildman–Crippen MR) is 100 cm³/mol. The number of carbonyl (C=O) groups excluding carboxylic acids is 2. The van der Waals surface area contributed by atoms with Crippen LogP contribution < -0.4 is 0 Å². The molecule has 7 heteroatoms. The number of hydrogen-bond acceptors (Lipinski definition) is 5. The molecule has 1 saturated heterocycles.